The van der Waals surface area contributed by atoms with Crippen LogP contribution in [0.25, 0.3) is 0 Å². The first-order chi connectivity index (χ1) is 5.93. The first-order valence-electron chi connectivity index (χ1n) is 5.17. The number of Topliss-reactive ketones (excluding diaryl/α,β-unsaturated/α-hetero) is 1. The lowest BCUT2D eigenvalue weighted by Gasteiger charge is -2.41. The van der Waals surface area contributed by atoms with Crippen molar-refractivity contribution in [2.45, 2.75) is 39.4 Å². The van der Waals surface area contributed by atoms with Crippen molar-refractivity contribution >= 4 is 13.9 Å². The highest BCUT2D eigenvalue weighted by molar-refractivity contribution is 6.84. The lowest BCUT2D eigenvalue weighted by Crippen LogP contribution is -2.42. The molecule has 0 amide bonds. The predicted octanol–water partition coefficient (Wildman–Crippen LogP) is 2.79. The summed E-state index contributed by atoms with van der Waals surface area (Å²) in [6.45, 7) is 9.31. The van der Waals surface area contributed by atoms with E-state index in [0.717, 1.165) is 12.8 Å². The minimum absolute atomic E-state index is 0.367. The zero-order valence-electron chi connectivity index (χ0n) is 8.98. The van der Waals surface area contributed by atoms with Crippen LogP contribution in [0.3, 0.4) is 0 Å². The maximum absolute atomic E-state index is 11.6. The van der Waals surface area contributed by atoms with Gasteiger partial charge in [-0.2, -0.15) is 0 Å². The molecule has 0 radical (unpaired) electrons. The summed E-state index contributed by atoms with van der Waals surface area (Å²) in [5, 5.41) is 1.57. The molecule has 0 aromatic heterocycles. The van der Waals surface area contributed by atoms with Crippen molar-refractivity contribution in [3.63, 3.8) is 0 Å². The number of fused-ring (bicyclic) bond motifs is 1. The molecule has 0 saturated heterocycles. The fraction of sp³-hybridized carbons (Fsp3) is 0.727. The average molecular weight is 194 g/mol. The number of rotatable bonds is 1. The molecule has 0 N–H and O–H groups in total. The smallest absolute Gasteiger partial charge is 0.140 e. The van der Waals surface area contributed by atoms with Gasteiger partial charge in [-0.05, 0) is 19.3 Å². The SMILES string of the molecule is CC1=C([Si](C)(C)C)C2C(=O)CCC12. The van der Waals surface area contributed by atoms with Gasteiger partial charge in [0.15, 0.2) is 0 Å². The lowest BCUT2D eigenvalue weighted by atomic mass is 9.77. The Morgan fingerprint density at radius 3 is 2.46 bits per heavy atom. The van der Waals surface area contributed by atoms with Crippen molar-refractivity contribution in [3.05, 3.63) is 10.8 Å². The molecule has 13 heavy (non-hydrogen) atoms. The normalized spacial score (nSPS) is 33.4. The van der Waals surface area contributed by atoms with Gasteiger partial charge in [-0.3, -0.25) is 4.79 Å². The molecule has 1 nitrogen and oxygen atoms in total. The summed E-state index contributed by atoms with van der Waals surface area (Å²) in [4.78, 5) is 11.6. The van der Waals surface area contributed by atoms with Crippen LogP contribution in [0.1, 0.15) is 19.8 Å². The van der Waals surface area contributed by atoms with Crippen LogP contribution in [0, 0.1) is 11.8 Å². The molecule has 2 atom stereocenters. The van der Waals surface area contributed by atoms with E-state index in [1.54, 1.807) is 10.8 Å². The topological polar surface area (TPSA) is 17.1 Å². The van der Waals surface area contributed by atoms with E-state index in [4.69, 9.17) is 0 Å². The Morgan fingerprint density at radius 2 is 1.92 bits per heavy atom. The minimum Gasteiger partial charge on any atom is -0.299 e. The molecule has 2 heteroatoms. The molecular formula is C11H18OSi. The monoisotopic (exact) mass is 194 g/mol. The molecule has 0 spiro atoms. The lowest BCUT2D eigenvalue weighted by molar-refractivity contribution is -0.120. The van der Waals surface area contributed by atoms with E-state index >= 15 is 0 Å². The van der Waals surface area contributed by atoms with Crippen molar-refractivity contribution in [2.75, 3.05) is 0 Å². The van der Waals surface area contributed by atoms with Crippen LogP contribution in [0.15, 0.2) is 10.8 Å². The van der Waals surface area contributed by atoms with Gasteiger partial charge in [0.2, 0.25) is 0 Å². The molecule has 2 rings (SSSR count). The zero-order valence-corrected chi connectivity index (χ0v) is 9.98. The number of carbonyl (C=O) groups is 1. The Morgan fingerprint density at radius 1 is 1.31 bits per heavy atom. The van der Waals surface area contributed by atoms with Crippen molar-refractivity contribution in [1.29, 1.82) is 0 Å². The van der Waals surface area contributed by atoms with Crippen LogP contribution >= 0.6 is 0 Å². The quantitative estimate of drug-likeness (QED) is 0.587. The standard InChI is InChI=1S/C11H18OSi/c1-7-8-5-6-9(12)10(8)11(7)13(2,3)4/h8,10H,5-6H2,1-4H3. The summed E-state index contributed by atoms with van der Waals surface area (Å²) in [5.41, 5.74) is 1.56. The third-order valence-electron chi connectivity index (χ3n) is 3.55. The Hall–Kier alpha value is -0.373. The molecule has 72 valence electrons. The van der Waals surface area contributed by atoms with Crippen LogP contribution in [0.2, 0.25) is 19.6 Å². The largest absolute Gasteiger partial charge is 0.299 e. The van der Waals surface area contributed by atoms with Gasteiger partial charge in [0.05, 0.1) is 8.07 Å². The molecule has 0 aromatic carbocycles. The molecule has 0 heterocycles. The highest BCUT2D eigenvalue weighted by Gasteiger charge is 2.49. The number of hydrogen-bond acceptors (Lipinski definition) is 1. The molecule has 2 unspecified atom stereocenters. The zero-order chi connectivity index (χ0) is 9.80. The van der Waals surface area contributed by atoms with E-state index < -0.39 is 8.07 Å². The van der Waals surface area contributed by atoms with Crippen LogP contribution in [-0.2, 0) is 4.79 Å². The van der Waals surface area contributed by atoms with Gasteiger partial charge in [-0.25, -0.2) is 0 Å². The molecule has 0 bridgehead atoms. The highest BCUT2D eigenvalue weighted by atomic mass is 28.3. The molecule has 1 fully saturated rings. The molecule has 1 saturated carbocycles. The second kappa shape index (κ2) is 2.56. The number of hydrogen-bond donors (Lipinski definition) is 0. The van der Waals surface area contributed by atoms with Gasteiger partial charge in [0, 0.05) is 12.3 Å². The van der Waals surface area contributed by atoms with Gasteiger partial charge < -0.3 is 0 Å². The van der Waals surface area contributed by atoms with Crippen molar-refractivity contribution in [1.82, 2.24) is 0 Å². The van der Waals surface area contributed by atoms with Crippen molar-refractivity contribution < 1.29 is 4.79 Å². The summed E-state index contributed by atoms with van der Waals surface area (Å²) in [7, 11) is -1.21. The van der Waals surface area contributed by atoms with E-state index in [9.17, 15) is 4.79 Å². The van der Waals surface area contributed by atoms with Gasteiger partial charge in [0.1, 0.15) is 5.78 Å². The van der Waals surface area contributed by atoms with Crippen molar-refractivity contribution in [3.8, 4) is 0 Å². The minimum atomic E-state index is -1.21. The Labute approximate surface area is 81.2 Å². The fourth-order valence-electron chi connectivity index (χ4n) is 3.08. The predicted molar refractivity (Wildman–Crippen MR) is 57.3 cm³/mol. The van der Waals surface area contributed by atoms with E-state index in [0.29, 0.717) is 17.6 Å². The average Bonchev–Trinajstić information content (AvgIpc) is 2.24. The van der Waals surface area contributed by atoms with Crippen LogP contribution in [0.5, 0.6) is 0 Å². The van der Waals surface area contributed by atoms with Crippen LogP contribution in [-0.4, -0.2) is 13.9 Å². The number of carbonyl (C=O) groups excluding carboxylic acids is 1. The van der Waals surface area contributed by atoms with Crippen molar-refractivity contribution in [2.24, 2.45) is 11.8 Å². The van der Waals surface area contributed by atoms with Gasteiger partial charge in [-0.15, -0.1) is 0 Å². The van der Waals surface area contributed by atoms with E-state index in [1.807, 2.05) is 0 Å². The highest BCUT2D eigenvalue weighted by Crippen LogP contribution is 2.52. The Kier molecular flexibility index (Phi) is 1.81. The third kappa shape index (κ3) is 1.15. The summed E-state index contributed by atoms with van der Waals surface area (Å²) in [6, 6.07) is 0. The molecular weight excluding hydrogens is 176 g/mol. The van der Waals surface area contributed by atoms with Gasteiger partial charge in [-0.1, -0.05) is 30.4 Å². The number of allylic oxidation sites excluding steroid dienone is 2. The van der Waals surface area contributed by atoms with E-state index in [1.165, 1.54) is 0 Å². The summed E-state index contributed by atoms with van der Waals surface area (Å²) >= 11 is 0. The van der Waals surface area contributed by atoms with E-state index in [2.05, 4.69) is 26.6 Å². The van der Waals surface area contributed by atoms with E-state index in [-0.39, 0.29) is 0 Å². The Balaban J connectivity index is 2.35. The summed E-state index contributed by atoms with van der Waals surface area (Å²) in [5.74, 6) is 1.54. The van der Waals surface area contributed by atoms with Crippen LogP contribution in [0.4, 0.5) is 0 Å². The Bertz CT molecular complexity index is 296. The van der Waals surface area contributed by atoms with Gasteiger partial charge in [0.25, 0.3) is 0 Å². The van der Waals surface area contributed by atoms with Gasteiger partial charge >= 0.3 is 0 Å². The maximum atomic E-state index is 11.6. The second-order valence-corrected chi connectivity index (χ2v) is 10.5. The summed E-state index contributed by atoms with van der Waals surface area (Å²) in [6.07, 6.45) is 1.96. The molecule has 0 aromatic rings. The molecule has 2 aliphatic carbocycles. The fourth-order valence-corrected chi connectivity index (χ4v) is 5.74. The number of ketones is 1. The summed E-state index contributed by atoms with van der Waals surface area (Å²) < 4.78 is 0. The first-order valence-corrected chi connectivity index (χ1v) is 8.67. The maximum Gasteiger partial charge on any atom is 0.140 e. The molecule has 2 aliphatic rings. The molecule has 0 aliphatic heterocycles. The van der Waals surface area contributed by atoms with Crippen LogP contribution < -0.4 is 0 Å². The third-order valence-corrected chi connectivity index (χ3v) is 5.87. The second-order valence-electron chi connectivity index (χ2n) is 5.44. The first kappa shape index (κ1) is 9.19.